The van der Waals surface area contributed by atoms with Crippen molar-refractivity contribution in [1.29, 1.82) is 5.26 Å². The molecule has 0 aliphatic heterocycles. The highest BCUT2D eigenvalue weighted by atomic mass is 35.5. The molecule has 1 aromatic heterocycles. The van der Waals surface area contributed by atoms with Gasteiger partial charge in [-0.1, -0.05) is 48.5 Å². The Balaban J connectivity index is 2.00. The van der Waals surface area contributed by atoms with Crippen LogP contribution >= 0.6 is 11.6 Å². The quantitative estimate of drug-likeness (QED) is 0.282. The monoisotopic (exact) mass is 364 g/mol. The van der Waals surface area contributed by atoms with Crippen LogP contribution in [0, 0.1) is 11.3 Å². The van der Waals surface area contributed by atoms with E-state index in [1.807, 2.05) is 54.7 Å². The van der Waals surface area contributed by atoms with Crippen molar-refractivity contribution in [2.75, 3.05) is 12.5 Å². The Hall–Kier alpha value is -3.03. The molecule has 0 N–H and O–H groups in total. The summed E-state index contributed by atoms with van der Waals surface area (Å²) in [6, 6.07) is 19.9. The molecule has 0 bridgehead atoms. The zero-order valence-electron chi connectivity index (χ0n) is 14.1. The van der Waals surface area contributed by atoms with E-state index in [2.05, 4.69) is 16.7 Å². The summed E-state index contributed by atoms with van der Waals surface area (Å²) in [5, 5.41) is 10.3. The highest BCUT2D eigenvalue weighted by Crippen LogP contribution is 2.24. The van der Waals surface area contributed by atoms with Gasteiger partial charge in [-0.05, 0) is 17.7 Å². The Morgan fingerprint density at radius 2 is 1.88 bits per heavy atom. The second-order valence-electron chi connectivity index (χ2n) is 5.71. The minimum atomic E-state index is -0.659. The molecule has 1 heterocycles. The number of hydrogen-bond acceptors (Lipinski definition) is 3. The lowest BCUT2D eigenvalue weighted by atomic mass is 10.1. The van der Waals surface area contributed by atoms with Gasteiger partial charge in [0.1, 0.15) is 18.2 Å². The lowest BCUT2D eigenvalue weighted by Gasteiger charge is -2.05. The molecule has 0 spiro atoms. The van der Waals surface area contributed by atoms with Gasteiger partial charge in [-0.3, -0.25) is 0 Å². The summed E-state index contributed by atoms with van der Waals surface area (Å²) >= 11 is 5.53. The second kappa shape index (κ2) is 8.37. The molecule has 0 saturated carbocycles. The number of benzene rings is 2. The maximum Gasteiger partial charge on any atom is 0.348 e. The zero-order chi connectivity index (χ0) is 18.4. The molecular weight excluding hydrogens is 348 g/mol. The average molecular weight is 365 g/mol. The van der Waals surface area contributed by atoms with Crippen LogP contribution in [0.3, 0.4) is 0 Å². The third-order valence-corrected chi connectivity index (χ3v) is 4.12. The first-order valence-electron chi connectivity index (χ1n) is 8.19. The summed E-state index contributed by atoms with van der Waals surface area (Å²) in [7, 11) is 0. The number of rotatable bonds is 6. The normalized spacial score (nSPS) is 11.3. The number of ether oxygens (including phenoxy) is 1. The van der Waals surface area contributed by atoms with Crippen LogP contribution in [0.4, 0.5) is 0 Å². The molecule has 3 aromatic rings. The fourth-order valence-corrected chi connectivity index (χ4v) is 2.88. The summed E-state index contributed by atoms with van der Waals surface area (Å²) in [5.41, 5.74) is 2.97. The molecule has 5 heteroatoms. The Kier molecular flexibility index (Phi) is 5.73. The summed E-state index contributed by atoms with van der Waals surface area (Å²) in [4.78, 5) is 12.0. The van der Waals surface area contributed by atoms with E-state index in [4.69, 9.17) is 16.3 Å². The molecule has 3 rings (SSSR count). The molecule has 0 unspecified atom stereocenters. The molecule has 26 heavy (non-hydrogen) atoms. The third-order valence-electron chi connectivity index (χ3n) is 3.97. The van der Waals surface area contributed by atoms with Gasteiger partial charge in [-0.15, -0.1) is 11.6 Å². The van der Waals surface area contributed by atoms with Crippen molar-refractivity contribution in [2.24, 2.45) is 0 Å². The topological polar surface area (TPSA) is 55.0 Å². The molecule has 2 aromatic carbocycles. The number of aromatic nitrogens is 1. The number of para-hydroxylation sites is 1. The number of alkyl halides is 1. The van der Waals surface area contributed by atoms with Crippen molar-refractivity contribution in [3.05, 3.63) is 77.5 Å². The van der Waals surface area contributed by atoms with Gasteiger partial charge in [0.2, 0.25) is 0 Å². The summed E-state index contributed by atoms with van der Waals surface area (Å²) in [6.07, 6.45) is 3.52. The van der Waals surface area contributed by atoms with Gasteiger partial charge in [0.15, 0.2) is 0 Å². The number of carbonyl (C=O) groups excluding carboxylic acids is 1. The van der Waals surface area contributed by atoms with Gasteiger partial charge in [0, 0.05) is 29.2 Å². The van der Waals surface area contributed by atoms with E-state index < -0.39 is 5.97 Å². The molecule has 130 valence electrons. The number of nitrogens with zero attached hydrogens (tertiary/aromatic N) is 2. The number of carbonyl (C=O) groups is 1. The molecule has 0 aliphatic carbocycles. The Labute approximate surface area is 156 Å². The highest BCUT2D eigenvalue weighted by molar-refractivity contribution is 6.18. The standard InChI is InChI=1S/C21H17ClN2O2/c22-10-11-26-21(25)17(13-23)12-18-15-24(14-16-6-2-1-3-7-16)20-9-5-4-8-19(18)20/h1-9,12,15H,10-11,14H2/b17-12+. The van der Waals surface area contributed by atoms with E-state index in [1.165, 1.54) is 5.56 Å². The van der Waals surface area contributed by atoms with Crippen LogP contribution in [0.5, 0.6) is 0 Å². The van der Waals surface area contributed by atoms with E-state index in [0.717, 1.165) is 16.5 Å². The first-order chi connectivity index (χ1) is 12.7. The molecule has 0 aliphatic rings. The Morgan fingerprint density at radius 1 is 1.15 bits per heavy atom. The van der Waals surface area contributed by atoms with E-state index in [-0.39, 0.29) is 18.1 Å². The fraction of sp³-hybridized carbons (Fsp3) is 0.143. The van der Waals surface area contributed by atoms with Crippen molar-refractivity contribution >= 4 is 34.5 Å². The van der Waals surface area contributed by atoms with Crippen LogP contribution in [-0.4, -0.2) is 23.0 Å². The minimum absolute atomic E-state index is 0.0438. The first kappa shape index (κ1) is 17.8. The fourth-order valence-electron chi connectivity index (χ4n) is 2.80. The van der Waals surface area contributed by atoms with Crippen LogP contribution in [0.15, 0.2) is 66.4 Å². The van der Waals surface area contributed by atoms with Crippen LogP contribution in [0.25, 0.3) is 17.0 Å². The molecular formula is C21H17ClN2O2. The smallest absolute Gasteiger partial charge is 0.348 e. The summed E-state index contributed by atoms with van der Waals surface area (Å²) < 4.78 is 7.07. The highest BCUT2D eigenvalue weighted by Gasteiger charge is 2.13. The summed E-state index contributed by atoms with van der Waals surface area (Å²) in [5.74, 6) is -0.464. The lowest BCUT2D eigenvalue weighted by Crippen LogP contribution is -2.08. The predicted molar refractivity (Wildman–Crippen MR) is 103 cm³/mol. The van der Waals surface area contributed by atoms with Gasteiger partial charge >= 0.3 is 5.97 Å². The van der Waals surface area contributed by atoms with Crippen LogP contribution in [0.2, 0.25) is 0 Å². The lowest BCUT2D eigenvalue weighted by molar-refractivity contribution is -0.137. The second-order valence-corrected chi connectivity index (χ2v) is 6.09. The van der Waals surface area contributed by atoms with Gasteiger partial charge in [0.05, 0.1) is 5.88 Å². The van der Waals surface area contributed by atoms with E-state index in [9.17, 15) is 10.1 Å². The minimum Gasteiger partial charge on any atom is -0.460 e. The maximum atomic E-state index is 12.0. The number of hydrogen-bond donors (Lipinski definition) is 0. The van der Waals surface area contributed by atoms with Crippen LogP contribution in [-0.2, 0) is 16.1 Å². The van der Waals surface area contributed by atoms with Crippen molar-refractivity contribution < 1.29 is 9.53 Å². The van der Waals surface area contributed by atoms with E-state index in [1.54, 1.807) is 6.08 Å². The molecule has 0 fully saturated rings. The first-order valence-corrected chi connectivity index (χ1v) is 8.73. The molecule has 0 saturated heterocycles. The van der Waals surface area contributed by atoms with Gasteiger partial charge in [-0.25, -0.2) is 4.79 Å². The Bertz CT molecular complexity index is 984. The van der Waals surface area contributed by atoms with Crippen molar-refractivity contribution in [3.63, 3.8) is 0 Å². The van der Waals surface area contributed by atoms with Crippen molar-refractivity contribution in [3.8, 4) is 6.07 Å². The molecule has 0 amide bonds. The molecule has 0 radical (unpaired) electrons. The van der Waals surface area contributed by atoms with Crippen molar-refractivity contribution in [2.45, 2.75) is 6.54 Å². The number of fused-ring (bicyclic) bond motifs is 1. The van der Waals surface area contributed by atoms with Crippen LogP contribution in [0.1, 0.15) is 11.1 Å². The average Bonchev–Trinajstić information content (AvgIpc) is 3.02. The van der Waals surface area contributed by atoms with E-state index in [0.29, 0.717) is 6.54 Å². The SMILES string of the molecule is N#C/C(=C\c1cn(Cc2ccccc2)c2ccccc12)C(=O)OCCCl. The predicted octanol–water partition coefficient (Wildman–Crippen LogP) is 4.38. The molecule has 0 atom stereocenters. The number of esters is 1. The Morgan fingerprint density at radius 3 is 2.62 bits per heavy atom. The van der Waals surface area contributed by atoms with Crippen molar-refractivity contribution in [1.82, 2.24) is 4.57 Å². The maximum absolute atomic E-state index is 12.0. The zero-order valence-corrected chi connectivity index (χ0v) is 14.8. The van der Waals surface area contributed by atoms with E-state index >= 15 is 0 Å². The van der Waals surface area contributed by atoms with Crippen LogP contribution < -0.4 is 0 Å². The van der Waals surface area contributed by atoms with Gasteiger partial charge in [0.25, 0.3) is 0 Å². The molecule has 4 nitrogen and oxygen atoms in total. The third kappa shape index (κ3) is 3.96. The summed E-state index contributed by atoms with van der Waals surface area (Å²) in [6.45, 7) is 0.781. The van der Waals surface area contributed by atoms with Gasteiger partial charge < -0.3 is 9.30 Å². The largest absolute Gasteiger partial charge is 0.460 e. The number of halogens is 1. The van der Waals surface area contributed by atoms with Gasteiger partial charge in [-0.2, -0.15) is 5.26 Å². The number of nitriles is 1.